The van der Waals surface area contributed by atoms with Crippen LogP contribution in [0.1, 0.15) is 24.2 Å². The molecule has 0 saturated carbocycles. The summed E-state index contributed by atoms with van der Waals surface area (Å²) in [6.07, 6.45) is 0. The topological polar surface area (TPSA) is 82.8 Å². The van der Waals surface area contributed by atoms with Gasteiger partial charge in [-0.05, 0) is 12.1 Å². The quantitative estimate of drug-likeness (QED) is 0.489. The maximum Gasteiger partial charge on any atom is 0.341 e. The Balaban J connectivity index is 2.60. The SMILES string of the molecule is COC(=O)c1cc2ccc(=O)oc2cc1OC(=O)C(C)C. The molecule has 0 bridgehead atoms. The van der Waals surface area contributed by atoms with Gasteiger partial charge in [-0.2, -0.15) is 0 Å². The van der Waals surface area contributed by atoms with Crippen molar-refractivity contribution in [2.45, 2.75) is 13.8 Å². The van der Waals surface area contributed by atoms with Crippen LogP contribution in [-0.4, -0.2) is 19.0 Å². The second-order valence-electron chi connectivity index (χ2n) is 4.71. The molecule has 0 amide bonds. The summed E-state index contributed by atoms with van der Waals surface area (Å²) < 4.78 is 14.9. The molecule has 0 aliphatic carbocycles. The molecule has 1 aromatic heterocycles. The zero-order valence-electron chi connectivity index (χ0n) is 11.8. The molecule has 6 heteroatoms. The summed E-state index contributed by atoms with van der Waals surface area (Å²) in [5.41, 5.74) is -0.219. The maximum atomic E-state index is 11.8. The van der Waals surface area contributed by atoms with Gasteiger partial charge >= 0.3 is 17.6 Å². The Morgan fingerprint density at radius 1 is 1.19 bits per heavy atom. The normalized spacial score (nSPS) is 10.7. The lowest BCUT2D eigenvalue weighted by Crippen LogP contribution is -2.17. The number of ether oxygens (including phenoxy) is 2. The fourth-order valence-corrected chi connectivity index (χ4v) is 1.68. The van der Waals surface area contributed by atoms with E-state index in [0.717, 1.165) is 0 Å². The third-order valence-electron chi connectivity index (χ3n) is 2.81. The number of hydrogen-bond donors (Lipinski definition) is 0. The molecule has 6 nitrogen and oxygen atoms in total. The van der Waals surface area contributed by atoms with Gasteiger partial charge in [0.15, 0.2) is 0 Å². The highest BCUT2D eigenvalue weighted by Gasteiger charge is 2.19. The van der Waals surface area contributed by atoms with E-state index in [4.69, 9.17) is 9.15 Å². The van der Waals surface area contributed by atoms with Crippen molar-refractivity contribution >= 4 is 22.9 Å². The summed E-state index contributed by atoms with van der Waals surface area (Å²) in [5, 5.41) is 0.527. The molecule has 110 valence electrons. The van der Waals surface area contributed by atoms with E-state index < -0.39 is 17.6 Å². The lowest BCUT2D eigenvalue weighted by atomic mass is 10.1. The van der Waals surface area contributed by atoms with Crippen LogP contribution < -0.4 is 10.4 Å². The molecule has 0 saturated heterocycles. The van der Waals surface area contributed by atoms with E-state index in [1.165, 1.54) is 31.4 Å². The molecule has 0 atom stereocenters. The third-order valence-corrected chi connectivity index (χ3v) is 2.81. The fraction of sp³-hybridized carbons (Fsp3) is 0.267. The van der Waals surface area contributed by atoms with Gasteiger partial charge in [0.05, 0.1) is 13.0 Å². The Kier molecular flexibility index (Phi) is 4.07. The van der Waals surface area contributed by atoms with Gasteiger partial charge in [-0.25, -0.2) is 9.59 Å². The maximum absolute atomic E-state index is 11.8. The van der Waals surface area contributed by atoms with Gasteiger partial charge in [0.2, 0.25) is 0 Å². The second-order valence-corrected chi connectivity index (χ2v) is 4.71. The van der Waals surface area contributed by atoms with Crippen molar-refractivity contribution in [3.8, 4) is 5.75 Å². The summed E-state index contributed by atoms with van der Waals surface area (Å²) in [6, 6.07) is 5.54. The summed E-state index contributed by atoms with van der Waals surface area (Å²) in [6.45, 7) is 3.34. The molecule has 0 unspecified atom stereocenters. The van der Waals surface area contributed by atoms with Gasteiger partial charge in [0, 0.05) is 17.5 Å². The minimum absolute atomic E-state index is 0.00222. The van der Waals surface area contributed by atoms with Crippen LogP contribution in [0.5, 0.6) is 5.75 Å². The lowest BCUT2D eigenvalue weighted by molar-refractivity contribution is -0.137. The number of fused-ring (bicyclic) bond motifs is 1. The molecule has 0 aliphatic heterocycles. The van der Waals surface area contributed by atoms with Crippen molar-refractivity contribution in [2.24, 2.45) is 5.92 Å². The molecule has 0 spiro atoms. The summed E-state index contributed by atoms with van der Waals surface area (Å²) >= 11 is 0. The predicted molar refractivity (Wildman–Crippen MR) is 74.3 cm³/mol. The van der Waals surface area contributed by atoms with E-state index in [1.54, 1.807) is 13.8 Å². The average Bonchev–Trinajstić information content (AvgIpc) is 2.45. The highest BCUT2D eigenvalue weighted by molar-refractivity contribution is 5.98. The van der Waals surface area contributed by atoms with E-state index in [9.17, 15) is 14.4 Å². The van der Waals surface area contributed by atoms with Crippen molar-refractivity contribution < 1.29 is 23.5 Å². The van der Waals surface area contributed by atoms with E-state index in [0.29, 0.717) is 5.39 Å². The van der Waals surface area contributed by atoms with Crippen molar-refractivity contribution in [3.63, 3.8) is 0 Å². The number of rotatable bonds is 3. The first-order valence-electron chi connectivity index (χ1n) is 6.30. The van der Waals surface area contributed by atoms with Gasteiger partial charge in [-0.15, -0.1) is 0 Å². The van der Waals surface area contributed by atoms with E-state index >= 15 is 0 Å². The highest BCUT2D eigenvalue weighted by atomic mass is 16.5. The molecular formula is C15H14O6. The molecule has 1 heterocycles. The molecule has 0 radical (unpaired) electrons. The molecule has 0 aliphatic rings. The monoisotopic (exact) mass is 290 g/mol. The Morgan fingerprint density at radius 3 is 2.52 bits per heavy atom. The molecule has 0 fully saturated rings. The summed E-state index contributed by atoms with van der Waals surface area (Å²) in [7, 11) is 1.23. The Labute approximate surface area is 120 Å². The first kappa shape index (κ1) is 14.8. The van der Waals surface area contributed by atoms with E-state index in [1.807, 2.05) is 0 Å². The first-order valence-corrected chi connectivity index (χ1v) is 6.30. The Bertz CT molecular complexity index is 756. The number of carbonyl (C=O) groups excluding carboxylic acids is 2. The predicted octanol–water partition coefficient (Wildman–Crippen LogP) is 2.14. The minimum atomic E-state index is -0.644. The number of esters is 2. The van der Waals surface area contributed by atoms with E-state index in [-0.39, 0.29) is 22.8 Å². The highest BCUT2D eigenvalue weighted by Crippen LogP contribution is 2.26. The van der Waals surface area contributed by atoms with Crippen LogP contribution in [0.4, 0.5) is 0 Å². The van der Waals surface area contributed by atoms with E-state index in [2.05, 4.69) is 4.74 Å². The molecule has 2 rings (SSSR count). The van der Waals surface area contributed by atoms with Gasteiger partial charge in [-0.3, -0.25) is 4.79 Å². The molecule has 0 N–H and O–H groups in total. The van der Waals surface area contributed by atoms with Crippen LogP contribution in [0.3, 0.4) is 0 Å². The Morgan fingerprint density at radius 2 is 1.90 bits per heavy atom. The van der Waals surface area contributed by atoms with Crippen LogP contribution in [-0.2, 0) is 9.53 Å². The largest absolute Gasteiger partial charge is 0.465 e. The minimum Gasteiger partial charge on any atom is -0.465 e. The van der Waals surface area contributed by atoms with Crippen molar-refractivity contribution in [3.05, 3.63) is 40.2 Å². The zero-order chi connectivity index (χ0) is 15.6. The standard InChI is InChI=1S/C15H14O6/c1-8(2)14(17)21-12-7-11-9(4-5-13(16)20-11)6-10(12)15(18)19-3/h4-8H,1-3H3. The van der Waals surface area contributed by atoms with Gasteiger partial charge < -0.3 is 13.9 Å². The lowest BCUT2D eigenvalue weighted by Gasteiger charge is -2.11. The van der Waals surface area contributed by atoms with Gasteiger partial charge in [0.1, 0.15) is 16.9 Å². The summed E-state index contributed by atoms with van der Waals surface area (Å²) in [4.78, 5) is 34.7. The van der Waals surface area contributed by atoms with Crippen LogP contribution >= 0.6 is 0 Å². The Hall–Kier alpha value is -2.63. The molecule has 21 heavy (non-hydrogen) atoms. The van der Waals surface area contributed by atoms with Crippen LogP contribution in [0.2, 0.25) is 0 Å². The van der Waals surface area contributed by atoms with Crippen molar-refractivity contribution in [1.82, 2.24) is 0 Å². The summed E-state index contributed by atoms with van der Waals surface area (Å²) in [5.74, 6) is -1.51. The number of carbonyl (C=O) groups is 2. The van der Waals surface area contributed by atoms with Crippen LogP contribution in [0.15, 0.2) is 33.5 Å². The second kappa shape index (κ2) is 5.78. The molecule has 2 aromatic rings. The van der Waals surface area contributed by atoms with Crippen LogP contribution in [0.25, 0.3) is 11.0 Å². The van der Waals surface area contributed by atoms with Crippen molar-refractivity contribution in [1.29, 1.82) is 0 Å². The smallest absolute Gasteiger partial charge is 0.341 e. The third kappa shape index (κ3) is 3.10. The first-order chi connectivity index (χ1) is 9.92. The average molecular weight is 290 g/mol. The van der Waals surface area contributed by atoms with Crippen molar-refractivity contribution in [2.75, 3.05) is 7.11 Å². The number of methoxy groups -OCH3 is 1. The number of benzene rings is 1. The zero-order valence-corrected chi connectivity index (χ0v) is 11.8. The number of hydrogen-bond acceptors (Lipinski definition) is 6. The van der Waals surface area contributed by atoms with Gasteiger partial charge in [-0.1, -0.05) is 13.8 Å². The molecule has 1 aromatic carbocycles. The fourth-order valence-electron chi connectivity index (χ4n) is 1.68. The van der Waals surface area contributed by atoms with Crippen LogP contribution in [0, 0.1) is 5.92 Å². The molecular weight excluding hydrogens is 276 g/mol. The van der Waals surface area contributed by atoms with Gasteiger partial charge in [0.25, 0.3) is 0 Å².